The largest absolute Gasteiger partial charge is 0.369 e. The van der Waals surface area contributed by atoms with Crippen LogP contribution in [0.3, 0.4) is 0 Å². The Bertz CT molecular complexity index is 930. The number of nitrogen functional groups attached to an aromatic ring is 1. The lowest BCUT2D eigenvalue weighted by molar-refractivity contribution is 0.562. The summed E-state index contributed by atoms with van der Waals surface area (Å²) in [5.74, 6) is 0.589. The van der Waals surface area contributed by atoms with Crippen LogP contribution >= 0.6 is 11.3 Å². The zero-order valence-electron chi connectivity index (χ0n) is 15.0. The number of nitrogens with zero attached hydrogens (tertiary/aromatic N) is 4. The third kappa shape index (κ3) is 5.90. The number of imidazole rings is 1. The first-order valence-electron chi connectivity index (χ1n) is 8.97. The molecule has 3 aromatic rings. The van der Waals surface area contributed by atoms with E-state index in [0.29, 0.717) is 23.1 Å². The second-order valence-corrected chi connectivity index (χ2v) is 9.72. The van der Waals surface area contributed by atoms with Crippen molar-refractivity contribution in [3.8, 4) is 0 Å². The number of hydrogen-bond acceptors (Lipinski definition) is 7. The van der Waals surface area contributed by atoms with Crippen LogP contribution in [0.15, 0.2) is 34.1 Å². The molecule has 3 rings (SSSR count). The van der Waals surface area contributed by atoms with Gasteiger partial charge in [-0.1, -0.05) is 17.7 Å². The number of H-pyrrole nitrogens is 1. The highest BCUT2D eigenvalue weighted by molar-refractivity contribution is 7.93. The normalized spacial score (nSPS) is 11.9. The zero-order valence-corrected chi connectivity index (χ0v) is 16.7. The number of rotatable bonds is 11. The van der Waals surface area contributed by atoms with Crippen LogP contribution in [0.5, 0.6) is 0 Å². The number of sulfone groups is 1. The molecule has 0 aliphatic carbocycles. The molecule has 8 nitrogen and oxygen atoms in total. The lowest BCUT2D eigenvalue weighted by atomic mass is 10.1. The van der Waals surface area contributed by atoms with Gasteiger partial charge < -0.3 is 10.7 Å². The van der Waals surface area contributed by atoms with Crippen LogP contribution in [0, 0.1) is 0 Å². The zero-order chi connectivity index (χ0) is 19.1. The Hall–Kier alpha value is -2.20. The Labute approximate surface area is 162 Å². The molecule has 0 saturated heterocycles. The topological polar surface area (TPSA) is 120 Å². The van der Waals surface area contributed by atoms with Gasteiger partial charge in [0.2, 0.25) is 0 Å². The molecule has 0 fully saturated rings. The summed E-state index contributed by atoms with van der Waals surface area (Å²) >= 11 is 1.26. The monoisotopic (exact) mass is 408 g/mol. The molecule has 0 unspecified atom stereocenters. The highest BCUT2D eigenvalue weighted by Gasteiger charge is 2.15. The van der Waals surface area contributed by atoms with Gasteiger partial charge in [0, 0.05) is 18.4 Å². The lowest BCUT2D eigenvalue weighted by Crippen LogP contribution is -2.09. The molecule has 0 atom stereocenters. The van der Waals surface area contributed by atoms with E-state index in [4.69, 9.17) is 5.73 Å². The van der Waals surface area contributed by atoms with Crippen LogP contribution in [0.25, 0.3) is 0 Å². The van der Waals surface area contributed by atoms with E-state index in [1.807, 2.05) is 6.20 Å². The van der Waals surface area contributed by atoms with E-state index in [9.17, 15) is 8.42 Å². The fourth-order valence-electron chi connectivity index (χ4n) is 2.82. The van der Waals surface area contributed by atoms with Gasteiger partial charge in [-0.2, -0.15) is 0 Å². The van der Waals surface area contributed by atoms with Crippen molar-refractivity contribution >= 4 is 27.1 Å². The Morgan fingerprint density at radius 2 is 2.04 bits per heavy atom. The molecule has 0 aliphatic rings. The summed E-state index contributed by atoms with van der Waals surface area (Å²) in [6.45, 7) is 0.554. The van der Waals surface area contributed by atoms with E-state index in [2.05, 4.69) is 20.3 Å². The number of unbranched alkanes of at least 4 members (excludes halogenated alkanes) is 2. The first-order valence-corrected chi connectivity index (χ1v) is 11.5. The fraction of sp³-hybridized carbons (Fsp3) is 0.471. The van der Waals surface area contributed by atoms with Gasteiger partial charge in [-0.25, -0.2) is 13.4 Å². The SMILES string of the molecule is Nc1ncc(CCCCCc2cn(CCCS(=O)(=O)c3cccs3)nn2)[nH]1. The van der Waals surface area contributed by atoms with Gasteiger partial charge in [0.05, 0.1) is 17.6 Å². The molecule has 27 heavy (non-hydrogen) atoms. The smallest absolute Gasteiger partial charge is 0.197 e. The molecule has 3 N–H and O–H groups in total. The molecule has 0 saturated carbocycles. The molecule has 3 heterocycles. The Kier molecular flexibility index (Phi) is 6.62. The van der Waals surface area contributed by atoms with Crippen LogP contribution in [0.1, 0.15) is 37.1 Å². The van der Waals surface area contributed by atoms with Crippen molar-refractivity contribution in [3.05, 3.63) is 41.3 Å². The average Bonchev–Trinajstić information content (AvgIpc) is 3.37. The van der Waals surface area contributed by atoms with E-state index in [0.717, 1.165) is 43.5 Å². The Morgan fingerprint density at radius 3 is 2.78 bits per heavy atom. The predicted octanol–water partition coefficient (Wildman–Crippen LogP) is 2.46. The van der Waals surface area contributed by atoms with Gasteiger partial charge in [-0.05, 0) is 43.6 Å². The quantitative estimate of drug-likeness (QED) is 0.470. The summed E-state index contributed by atoms with van der Waals surface area (Å²) in [6.07, 6.45) is 9.22. The summed E-state index contributed by atoms with van der Waals surface area (Å²) in [5, 5.41) is 10.0. The molecule has 0 amide bonds. The van der Waals surface area contributed by atoms with Gasteiger partial charge in [0.15, 0.2) is 15.8 Å². The van der Waals surface area contributed by atoms with Crippen molar-refractivity contribution in [2.45, 2.75) is 49.3 Å². The Morgan fingerprint density at radius 1 is 1.19 bits per heavy atom. The Balaban J connectivity index is 1.33. The maximum atomic E-state index is 12.1. The van der Waals surface area contributed by atoms with Gasteiger partial charge in [0.1, 0.15) is 4.21 Å². The minimum absolute atomic E-state index is 0.126. The van der Waals surface area contributed by atoms with Crippen molar-refractivity contribution in [2.24, 2.45) is 0 Å². The van der Waals surface area contributed by atoms with Crippen molar-refractivity contribution in [1.82, 2.24) is 25.0 Å². The molecular weight excluding hydrogens is 384 g/mol. The lowest BCUT2D eigenvalue weighted by Gasteiger charge is -2.02. The van der Waals surface area contributed by atoms with Crippen molar-refractivity contribution in [2.75, 3.05) is 11.5 Å². The fourth-order valence-corrected chi connectivity index (χ4v) is 5.27. The summed E-state index contributed by atoms with van der Waals surface area (Å²) in [4.78, 5) is 7.01. The first kappa shape index (κ1) is 19.6. The minimum atomic E-state index is -3.18. The molecule has 0 aliphatic heterocycles. The van der Waals surface area contributed by atoms with Crippen molar-refractivity contribution < 1.29 is 8.42 Å². The van der Waals surface area contributed by atoms with Crippen molar-refractivity contribution in [3.63, 3.8) is 0 Å². The first-order chi connectivity index (χ1) is 13.0. The van der Waals surface area contributed by atoms with E-state index >= 15 is 0 Å². The number of nitrogens with two attached hydrogens (primary N) is 1. The number of anilines is 1. The number of aryl methyl sites for hydroxylation is 3. The van der Waals surface area contributed by atoms with E-state index in [1.165, 1.54) is 11.3 Å². The van der Waals surface area contributed by atoms with Crippen molar-refractivity contribution in [1.29, 1.82) is 0 Å². The van der Waals surface area contributed by atoms with Gasteiger partial charge >= 0.3 is 0 Å². The van der Waals surface area contributed by atoms with Crippen LogP contribution in [-0.4, -0.2) is 39.1 Å². The van der Waals surface area contributed by atoms with Crippen LogP contribution in [-0.2, 0) is 29.2 Å². The predicted molar refractivity (Wildman–Crippen MR) is 105 cm³/mol. The summed E-state index contributed by atoms with van der Waals surface area (Å²) in [6, 6.07) is 3.40. The van der Waals surface area contributed by atoms with E-state index < -0.39 is 9.84 Å². The van der Waals surface area contributed by atoms with Crippen LogP contribution < -0.4 is 5.73 Å². The third-order valence-corrected chi connectivity index (χ3v) is 7.50. The number of thiophene rings is 1. The highest BCUT2D eigenvalue weighted by Crippen LogP contribution is 2.18. The number of hydrogen-bond donors (Lipinski definition) is 2. The molecule has 0 spiro atoms. The van der Waals surface area contributed by atoms with Gasteiger partial charge in [-0.15, -0.1) is 16.4 Å². The van der Waals surface area contributed by atoms with Crippen LogP contribution in [0.2, 0.25) is 0 Å². The summed E-state index contributed by atoms with van der Waals surface area (Å²) in [5.41, 5.74) is 7.57. The van der Waals surface area contributed by atoms with Crippen LogP contribution in [0.4, 0.5) is 5.95 Å². The number of aromatic amines is 1. The second kappa shape index (κ2) is 9.14. The molecular formula is C17H24N6O2S2. The highest BCUT2D eigenvalue weighted by atomic mass is 32.2. The molecule has 146 valence electrons. The molecule has 3 aromatic heterocycles. The number of aromatic nitrogens is 5. The minimum Gasteiger partial charge on any atom is -0.369 e. The standard InChI is InChI=1S/C17H24N6O2S2/c18-17-19-12-14(20-17)6-2-1-3-7-15-13-23(22-21-15)9-5-11-27(24,25)16-8-4-10-26-16/h4,8,10,12-13H,1-3,5-7,9,11H2,(H3,18,19,20). The molecule has 0 radical (unpaired) electrons. The van der Waals surface area contributed by atoms with E-state index in [-0.39, 0.29) is 5.75 Å². The third-order valence-electron chi connectivity index (χ3n) is 4.22. The summed E-state index contributed by atoms with van der Waals surface area (Å²) < 4.78 is 26.5. The maximum absolute atomic E-state index is 12.1. The van der Waals surface area contributed by atoms with Gasteiger partial charge in [-0.3, -0.25) is 4.68 Å². The molecule has 0 aromatic carbocycles. The summed E-state index contributed by atoms with van der Waals surface area (Å²) in [7, 11) is -3.18. The molecule has 10 heteroatoms. The second-order valence-electron chi connectivity index (χ2n) is 6.43. The maximum Gasteiger partial charge on any atom is 0.197 e. The van der Waals surface area contributed by atoms with E-state index in [1.54, 1.807) is 28.4 Å². The number of nitrogens with one attached hydrogen (secondary N) is 1. The average molecular weight is 409 g/mol. The molecule has 0 bridgehead atoms. The van der Waals surface area contributed by atoms with Gasteiger partial charge in [0.25, 0.3) is 0 Å².